The van der Waals surface area contributed by atoms with Gasteiger partial charge in [0.05, 0.1) is 37.9 Å². The molecule has 0 saturated heterocycles. The predicted molar refractivity (Wildman–Crippen MR) is 125 cm³/mol. The molecule has 0 aliphatic heterocycles. The summed E-state index contributed by atoms with van der Waals surface area (Å²) in [6, 6.07) is 18.3. The molecule has 0 aliphatic rings. The van der Waals surface area contributed by atoms with Gasteiger partial charge in [-0.15, -0.1) is 0 Å². The number of amides is 1. The third-order valence-electron chi connectivity index (χ3n) is 5.20. The first kappa shape index (κ1) is 24.4. The highest BCUT2D eigenvalue weighted by Gasteiger charge is 2.20. The van der Waals surface area contributed by atoms with Gasteiger partial charge in [0.15, 0.2) is 5.75 Å². The largest absolute Gasteiger partial charge is 0.490 e. The van der Waals surface area contributed by atoms with E-state index in [9.17, 15) is 19.7 Å². The van der Waals surface area contributed by atoms with E-state index in [0.29, 0.717) is 17.9 Å². The van der Waals surface area contributed by atoms with Gasteiger partial charge in [-0.3, -0.25) is 14.9 Å². The lowest BCUT2D eigenvalue weighted by Crippen LogP contribution is -2.26. The molecule has 34 heavy (non-hydrogen) atoms. The monoisotopic (exact) mass is 464 g/mol. The number of benzene rings is 3. The summed E-state index contributed by atoms with van der Waals surface area (Å²) < 4.78 is 15.6. The summed E-state index contributed by atoms with van der Waals surface area (Å²) in [6.45, 7) is 0.556. The maximum Gasteiger partial charge on any atom is 0.338 e. The number of nitro benzene ring substituents is 1. The summed E-state index contributed by atoms with van der Waals surface area (Å²) in [5.74, 6) is -0.732. The Bertz CT molecular complexity index is 1190. The molecule has 3 rings (SSSR count). The van der Waals surface area contributed by atoms with Crippen molar-refractivity contribution in [3.63, 3.8) is 0 Å². The van der Waals surface area contributed by atoms with Crippen molar-refractivity contribution in [2.45, 2.75) is 13.2 Å². The second-order valence-corrected chi connectivity index (χ2v) is 7.32. The summed E-state index contributed by atoms with van der Waals surface area (Å²) in [4.78, 5) is 36.7. The van der Waals surface area contributed by atoms with Gasteiger partial charge in [0.25, 0.3) is 5.91 Å². The van der Waals surface area contributed by atoms with E-state index in [1.807, 2.05) is 24.3 Å². The van der Waals surface area contributed by atoms with Crippen molar-refractivity contribution in [3.8, 4) is 5.75 Å². The lowest BCUT2D eigenvalue weighted by molar-refractivity contribution is -0.385. The standard InChI is InChI=1S/C25H24N2O7/c1-26(24(28)18-10-13-22(27(30)31)23(14-18)32-2)20-11-8-17(9-12-20)15-34-16-19-6-4-5-7-21(19)25(29)33-3/h4-14H,15-16H2,1-3H3. The molecule has 0 saturated carbocycles. The van der Waals surface area contributed by atoms with E-state index in [1.165, 1.54) is 37.3 Å². The molecule has 9 nitrogen and oxygen atoms in total. The molecule has 1 amide bonds. The van der Waals surface area contributed by atoms with E-state index in [2.05, 4.69) is 0 Å². The Kier molecular flexibility index (Phi) is 7.94. The molecule has 0 heterocycles. The van der Waals surface area contributed by atoms with Gasteiger partial charge in [-0.1, -0.05) is 30.3 Å². The number of hydrogen-bond acceptors (Lipinski definition) is 7. The molecule has 0 N–H and O–H groups in total. The highest BCUT2D eigenvalue weighted by Crippen LogP contribution is 2.28. The summed E-state index contributed by atoms with van der Waals surface area (Å²) in [5, 5.41) is 11.1. The lowest BCUT2D eigenvalue weighted by Gasteiger charge is -2.18. The molecule has 0 aromatic heterocycles. The van der Waals surface area contributed by atoms with Crippen molar-refractivity contribution < 1.29 is 28.7 Å². The van der Waals surface area contributed by atoms with Gasteiger partial charge in [-0.2, -0.15) is 0 Å². The van der Waals surface area contributed by atoms with Crippen LogP contribution in [0.5, 0.6) is 5.75 Å². The molecule has 9 heteroatoms. The van der Waals surface area contributed by atoms with Gasteiger partial charge in [0.2, 0.25) is 0 Å². The maximum absolute atomic E-state index is 12.9. The number of rotatable bonds is 9. The predicted octanol–water partition coefficient (Wildman–Crippen LogP) is 4.38. The third kappa shape index (κ3) is 5.57. The van der Waals surface area contributed by atoms with E-state index in [1.54, 1.807) is 31.3 Å². The van der Waals surface area contributed by atoms with E-state index < -0.39 is 10.9 Å². The smallest absolute Gasteiger partial charge is 0.338 e. The molecule has 0 spiro atoms. The maximum atomic E-state index is 12.9. The van der Waals surface area contributed by atoms with Gasteiger partial charge >= 0.3 is 11.7 Å². The Balaban J connectivity index is 1.64. The summed E-state index contributed by atoms with van der Waals surface area (Å²) >= 11 is 0. The van der Waals surface area contributed by atoms with Crippen LogP contribution >= 0.6 is 0 Å². The molecular formula is C25H24N2O7. The minimum absolute atomic E-state index is 0.0190. The highest BCUT2D eigenvalue weighted by molar-refractivity contribution is 6.06. The van der Waals surface area contributed by atoms with Crippen molar-refractivity contribution in [1.29, 1.82) is 0 Å². The van der Waals surface area contributed by atoms with E-state index in [4.69, 9.17) is 14.2 Å². The van der Waals surface area contributed by atoms with Crippen LogP contribution in [0.2, 0.25) is 0 Å². The highest BCUT2D eigenvalue weighted by atomic mass is 16.6. The number of nitrogens with zero attached hydrogens (tertiary/aromatic N) is 2. The van der Waals surface area contributed by atoms with Crippen LogP contribution < -0.4 is 9.64 Å². The van der Waals surface area contributed by atoms with E-state index in [-0.39, 0.29) is 29.5 Å². The zero-order chi connectivity index (χ0) is 24.7. The van der Waals surface area contributed by atoms with Gasteiger partial charge in [-0.05, 0) is 35.4 Å². The second-order valence-electron chi connectivity index (χ2n) is 7.32. The van der Waals surface area contributed by atoms with Gasteiger partial charge in [0, 0.05) is 30.4 Å². The normalized spacial score (nSPS) is 10.4. The molecule has 3 aromatic carbocycles. The number of anilines is 1. The first-order chi connectivity index (χ1) is 16.3. The van der Waals surface area contributed by atoms with Crippen molar-refractivity contribution in [2.75, 3.05) is 26.2 Å². The zero-order valence-electron chi connectivity index (χ0n) is 19.0. The molecule has 0 fully saturated rings. The van der Waals surface area contributed by atoms with Crippen LogP contribution in [0.15, 0.2) is 66.7 Å². The van der Waals surface area contributed by atoms with E-state index in [0.717, 1.165) is 11.1 Å². The molecule has 3 aromatic rings. The topological polar surface area (TPSA) is 108 Å². The molecule has 0 bridgehead atoms. The minimum atomic E-state index is -0.564. The number of nitro groups is 1. The van der Waals surface area contributed by atoms with E-state index >= 15 is 0 Å². The van der Waals surface area contributed by atoms with Gasteiger partial charge in [-0.25, -0.2) is 4.79 Å². The van der Waals surface area contributed by atoms with Crippen molar-refractivity contribution in [1.82, 2.24) is 0 Å². The van der Waals surface area contributed by atoms with Crippen LogP contribution in [0.25, 0.3) is 0 Å². The Morgan fingerprint density at radius 1 is 0.971 bits per heavy atom. The Hall–Kier alpha value is -4.24. The quantitative estimate of drug-likeness (QED) is 0.263. The van der Waals surface area contributed by atoms with Crippen molar-refractivity contribution in [3.05, 3.63) is 99.1 Å². The number of carbonyl (C=O) groups excluding carboxylic acids is 2. The summed E-state index contributed by atoms with van der Waals surface area (Å²) in [7, 11) is 4.27. The second kappa shape index (κ2) is 11.1. The first-order valence-electron chi connectivity index (χ1n) is 10.3. The number of esters is 1. The molecule has 176 valence electrons. The Morgan fingerprint density at radius 2 is 1.68 bits per heavy atom. The molecule has 0 radical (unpaired) electrons. The van der Waals surface area contributed by atoms with Crippen LogP contribution in [0.1, 0.15) is 31.8 Å². The fraction of sp³-hybridized carbons (Fsp3) is 0.200. The van der Waals surface area contributed by atoms with Crippen molar-refractivity contribution in [2.24, 2.45) is 0 Å². The van der Waals surface area contributed by atoms with Crippen LogP contribution in [-0.4, -0.2) is 38.1 Å². The first-order valence-corrected chi connectivity index (χ1v) is 10.3. The van der Waals surface area contributed by atoms with Crippen LogP contribution in [0.3, 0.4) is 0 Å². The number of ether oxygens (including phenoxy) is 3. The fourth-order valence-corrected chi connectivity index (χ4v) is 3.32. The van der Waals surface area contributed by atoms with Crippen LogP contribution in [0, 0.1) is 10.1 Å². The molecule has 0 aliphatic carbocycles. The molecule has 0 unspecified atom stereocenters. The minimum Gasteiger partial charge on any atom is -0.490 e. The Morgan fingerprint density at radius 3 is 2.32 bits per heavy atom. The molecule has 0 atom stereocenters. The third-order valence-corrected chi connectivity index (χ3v) is 5.20. The van der Waals surface area contributed by atoms with Crippen LogP contribution in [0.4, 0.5) is 11.4 Å². The number of methoxy groups -OCH3 is 2. The summed E-state index contributed by atoms with van der Waals surface area (Å²) in [6.07, 6.45) is 0. The molecular weight excluding hydrogens is 440 g/mol. The zero-order valence-corrected chi connectivity index (χ0v) is 19.0. The van der Waals surface area contributed by atoms with Gasteiger partial charge in [0.1, 0.15) is 0 Å². The SMILES string of the molecule is COC(=O)c1ccccc1COCc1ccc(N(C)C(=O)c2ccc([N+](=O)[O-])c(OC)c2)cc1. The van der Waals surface area contributed by atoms with Gasteiger partial charge < -0.3 is 19.1 Å². The van der Waals surface area contributed by atoms with Crippen LogP contribution in [-0.2, 0) is 22.7 Å². The average Bonchev–Trinajstić information content (AvgIpc) is 2.87. The Labute approximate surface area is 196 Å². The van der Waals surface area contributed by atoms with Crippen molar-refractivity contribution >= 4 is 23.3 Å². The average molecular weight is 464 g/mol. The summed E-state index contributed by atoms with van der Waals surface area (Å²) in [5.41, 5.74) is 2.78. The lowest BCUT2D eigenvalue weighted by atomic mass is 10.1. The fourth-order valence-electron chi connectivity index (χ4n) is 3.32. The number of carbonyl (C=O) groups is 2. The number of hydrogen-bond donors (Lipinski definition) is 0.